The highest BCUT2D eigenvalue weighted by atomic mass is 32.2. The predicted molar refractivity (Wildman–Crippen MR) is 97.6 cm³/mol. The van der Waals surface area contributed by atoms with Gasteiger partial charge in [-0.2, -0.15) is 4.31 Å². The molecule has 138 valence electrons. The molecule has 0 fully saturated rings. The van der Waals surface area contributed by atoms with E-state index in [0.29, 0.717) is 5.69 Å². The van der Waals surface area contributed by atoms with E-state index in [9.17, 15) is 23.3 Å². The van der Waals surface area contributed by atoms with E-state index in [1.807, 2.05) is 0 Å². The smallest absolute Gasteiger partial charge is 0.269 e. The Morgan fingerprint density at radius 3 is 2.31 bits per heavy atom. The van der Waals surface area contributed by atoms with Gasteiger partial charge in [-0.15, -0.1) is 0 Å². The summed E-state index contributed by atoms with van der Waals surface area (Å²) < 4.78 is 26.3. The molecule has 0 aromatic heterocycles. The first kappa shape index (κ1) is 19.5. The number of anilines is 1. The van der Waals surface area contributed by atoms with E-state index < -0.39 is 20.9 Å². The van der Waals surface area contributed by atoms with Crippen LogP contribution in [-0.2, 0) is 10.0 Å². The molecule has 0 atom stereocenters. The van der Waals surface area contributed by atoms with Crippen molar-refractivity contribution in [3.63, 3.8) is 0 Å². The summed E-state index contributed by atoms with van der Waals surface area (Å²) in [7, 11) is -2.23. The molecular formula is C17H19N3O5S. The summed E-state index contributed by atoms with van der Waals surface area (Å²) in [6.07, 6.45) is 0. The third kappa shape index (κ3) is 4.24. The summed E-state index contributed by atoms with van der Waals surface area (Å²) in [5.41, 5.74) is 0.447. The van der Waals surface area contributed by atoms with E-state index in [2.05, 4.69) is 5.32 Å². The van der Waals surface area contributed by atoms with Gasteiger partial charge in [0.1, 0.15) is 0 Å². The van der Waals surface area contributed by atoms with Crippen LogP contribution in [0.1, 0.15) is 24.2 Å². The number of nitrogens with one attached hydrogen (secondary N) is 1. The van der Waals surface area contributed by atoms with Gasteiger partial charge in [0.05, 0.1) is 9.82 Å². The van der Waals surface area contributed by atoms with Gasteiger partial charge in [0.2, 0.25) is 10.0 Å². The predicted octanol–water partition coefficient (Wildman–Crippen LogP) is 2.88. The van der Waals surface area contributed by atoms with Crippen molar-refractivity contribution in [1.82, 2.24) is 4.31 Å². The van der Waals surface area contributed by atoms with Gasteiger partial charge < -0.3 is 5.32 Å². The molecule has 1 N–H and O–H groups in total. The summed E-state index contributed by atoms with van der Waals surface area (Å²) in [5, 5.41) is 13.2. The Balaban J connectivity index is 2.24. The number of rotatable bonds is 6. The fraction of sp³-hybridized carbons (Fsp3) is 0.235. The molecule has 0 spiro atoms. The van der Waals surface area contributed by atoms with E-state index in [1.165, 1.54) is 59.9 Å². The lowest BCUT2D eigenvalue weighted by Gasteiger charge is -2.21. The fourth-order valence-corrected chi connectivity index (χ4v) is 3.53. The zero-order chi connectivity index (χ0) is 19.5. The van der Waals surface area contributed by atoms with Crippen LogP contribution >= 0.6 is 0 Å². The monoisotopic (exact) mass is 377 g/mol. The molecule has 0 saturated heterocycles. The summed E-state index contributed by atoms with van der Waals surface area (Å²) in [4.78, 5) is 22.5. The van der Waals surface area contributed by atoms with E-state index >= 15 is 0 Å². The molecule has 0 aliphatic heterocycles. The molecule has 26 heavy (non-hydrogen) atoms. The normalized spacial score (nSPS) is 11.6. The molecule has 0 saturated carbocycles. The molecule has 0 heterocycles. The fourth-order valence-electron chi connectivity index (χ4n) is 2.11. The number of nitro groups is 1. The maximum atomic E-state index is 12.5. The number of hydrogen-bond acceptors (Lipinski definition) is 5. The molecule has 0 unspecified atom stereocenters. The zero-order valence-corrected chi connectivity index (χ0v) is 15.4. The second-order valence-electron chi connectivity index (χ2n) is 5.90. The van der Waals surface area contributed by atoms with Crippen LogP contribution in [0.15, 0.2) is 53.4 Å². The minimum Gasteiger partial charge on any atom is -0.322 e. The van der Waals surface area contributed by atoms with Gasteiger partial charge >= 0.3 is 0 Å². The minimum absolute atomic E-state index is 0.0186. The first-order valence-corrected chi connectivity index (χ1v) is 9.21. The number of carbonyl (C=O) groups excluding carboxylic acids is 1. The first-order valence-electron chi connectivity index (χ1n) is 7.77. The van der Waals surface area contributed by atoms with Gasteiger partial charge in [0.25, 0.3) is 11.6 Å². The van der Waals surface area contributed by atoms with Crippen LogP contribution in [0.25, 0.3) is 0 Å². The molecule has 2 aromatic rings. The zero-order valence-electron chi connectivity index (χ0n) is 14.5. The summed E-state index contributed by atoms with van der Waals surface area (Å²) >= 11 is 0. The Labute approximate surface area is 151 Å². The quantitative estimate of drug-likeness (QED) is 0.615. The number of amides is 1. The standard InChI is InChI=1S/C17H19N3O5S/c1-12(2)19(3)26(24,25)16-6-4-5-13(11-16)17(21)18-14-7-9-15(10-8-14)20(22)23/h4-12H,1-3H3,(H,18,21). The number of carbonyl (C=O) groups is 1. The van der Waals surface area contributed by atoms with Crippen molar-refractivity contribution in [2.45, 2.75) is 24.8 Å². The van der Waals surface area contributed by atoms with Crippen LogP contribution in [-0.4, -0.2) is 36.6 Å². The minimum atomic E-state index is -3.70. The topological polar surface area (TPSA) is 110 Å². The van der Waals surface area contributed by atoms with Crippen molar-refractivity contribution in [3.05, 3.63) is 64.2 Å². The Morgan fingerprint density at radius 2 is 1.77 bits per heavy atom. The van der Waals surface area contributed by atoms with Crippen molar-refractivity contribution in [3.8, 4) is 0 Å². The average molecular weight is 377 g/mol. The highest BCUT2D eigenvalue weighted by molar-refractivity contribution is 7.89. The first-order chi connectivity index (χ1) is 12.1. The number of hydrogen-bond donors (Lipinski definition) is 1. The van der Waals surface area contributed by atoms with Crippen molar-refractivity contribution < 1.29 is 18.1 Å². The average Bonchev–Trinajstić information content (AvgIpc) is 2.61. The van der Waals surface area contributed by atoms with Gasteiger partial charge in [-0.05, 0) is 44.2 Å². The molecule has 2 rings (SSSR count). The number of sulfonamides is 1. The lowest BCUT2D eigenvalue weighted by molar-refractivity contribution is -0.384. The molecule has 0 bridgehead atoms. The number of non-ortho nitro benzene ring substituents is 1. The lowest BCUT2D eigenvalue weighted by atomic mass is 10.2. The second kappa shape index (κ2) is 7.63. The van der Waals surface area contributed by atoms with Gasteiger partial charge in [-0.25, -0.2) is 8.42 Å². The summed E-state index contributed by atoms with van der Waals surface area (Å²) in [6.45, 7) is 3.51. The van der Waals surface area contributed by atoms with Crippen LogP contribution in [0.3, 0.4) is 0 Å². The van der Waals surface area contributed by atoms with E-state index in [4.69, 9.17) is 0 Å². The molecule has 1 amide bonds. The Kier molecular flexibility index (Phi) is 5.73. The second-order valence-corrected chi connectivity index (χ2v) is 7.90. The van der Waals surface area contributed by atoms with Crippen molar-refractivity contribution in [2.75, 3.05) is 12.4 Å². The number of benzene rings is 2. The highest BCUT2D eigenvalue weighted by Gasteiger charge is 2.24. The van der Waals surface area contributed by atoms with Gasteiger partial charge in [0, 0.05) is 36.5 Å². The third-order valence-electron chi connectivity index (χ3n) is 3.84. The number of nitro benzene ring substituents is 1. The molecule has 0 aliphatic carbocycles. The molecule has 2 aromatic carbocycles. The SMILES string of the molecule is CC(C)N(C)S(=O)(=O)c1cccc(C(=O)Nc2ccc([N+](=O)[O-])cc2)c1. The third-order valence-corrected chi connectivity index (χ3v) is 5.87. The van der Waals surface area contributed by atoms with Gasteiger partial charge in [0.15, 0.2) is 0 Å². The van der Waals surface area contributed by atoms with Crippen LogP contribution in [0, 0.1) is 10.1 Å². The van der Waals surface area contributed by atoms with E-state index in [0.717, 1.165) is 0 Å². The maximum Gasteiger partial charge on any atom is 0.269 e. The van der Waals surface area contributed by atoms with Crippen LogP contribution in [0.5, 0.6) is 0 Å². The number of nitrogens with zero attached hydrogens (tertiary/aromatic N) is 2. The molecule has 8 nitrogen and oxygen atoms in total. The van der Waals surface area contributed by atoms with Gasteiger partial charge in [-0.3, -0.25) is 14.9 Å². The molecule has 9 heteroatoms. The van der Waals surface area contributed by atoms with Crippen LogP contribution < -0.4 is 5.32 Å². The maximum absolute atomic E-state index is 12.5. The lowest BCUT2D eigenvalue weighted by Crippen LogP contribution is -2.33. The van der Waals surface area contributed by atoms with Crippen molar-refractivity contribution in [2.24, 2.45) is 0 Å². The largest absolute Gasteiger partial charge is 0.322 e. The summed E-state index contributed by atoms with van der Waals surface area (Å²) in [5.74, 6) is -0.511. The summed E-state index contributed by atoms with van der Waals surface area (Å²) in [6, 6.07) is 10.8. The van der Waals surface area contributed by atoms with Crippen LogP contribution in [0.2, 0.25) is 0 Å². The van der Waals surface area contributed by atoms with Crippen molar-refractivity contribution >= 4 is 27.3 Å². The van der Waals surface area contributed by atoms with Crippen molar-refractivity contribution in [1.29, 1.82) is 0 Å². The van der Waals surface area contributed by atoms with Crippen LogP contribution in [0.4, 0.5) is 11.4 Å². The Hall–Kier alpha value is -2.78. The highest BCUT2D eigenvalue weighted by Crippen LogP contribution is 2.20. The molecule has 0 aliphatic rings. The molecular weight excluding hydrogens is 358 g/mol. The van der Waals surface area contributed by atoms with E-state index in [-0.39, 0.29) is 22.2 Å². The van der Waals surface area contributed by atoms with Gasteiger partial charge in [-0.1, -0.05) is 6.07 Å². The Morgan fingerprint density at radius 1 is 1.15 bits per heavy atom. The Bertz CT molecular complexity index is 924. The van der Waals surface area contributed by atoms with E-state index in [1.54, 1.807) is 13.8 Å². The molecule has 0 radical (unpaired) electrons.